The third-order valence-corrected chi connectivity index (χ3v) is 4.47. The van der Waals surface area contributed by atoms with Crippen LogP contribution in [0.5, 0.6) is 5.75 Å². The molecule has 1 nitrogen and oxygen atoms in total. The Hall–Kier alpha value is -0.210. The van der Waals surface area contributed by atoms with Gasteiger partial charge in [-0.1, -0.05) is 36.2 Å². The summed E-state index contributed by atoms with van der Waals surface area (Å²) < 4.78 is 6.39. The molecule has 0 fully saturated rings. The van der Waals surface area contributed by atoms with Crippen molar-refractivity contribution in [1.82, 2.24) is 0 Å². The molecule has 0 heterocycles. The topological polar surface area (TPSA) is 9.23 Å². The monoisotopic (exact) mass is 318 g/mol. The van der Waals surface area contributed by atoms with Crippen molar-refractivity contribution in [3.8, 4) is 5.75 Å². The Kier molecular flexibility index (Phi) is 5.81. The van der Waals surface area contributed by atoms with Gasteiger partial charge in [0.1, 0.15) is 5.75 Å². The normalized spacial score (nSPS) is 14.4. The maximum atomic E-state index is 6.12. The maximum Gasteiger partial charge on any atom is 0.119 e. The molecule has 96 valence electrons. The van der Waals surface area contributed by atoms with Gasteiger partial charge in [-0.3, -0.25) is 0 Å². The predicted octanol–water partition coefficient (Wildman–Crippen LogP) is 5.05. The smallest absolute Gasteiger partial charge is 0.119 e. The highest BCUT2D eigenvalue weighted by atomic mass is 79.9. The molecule has 17 heavy (non-hydrogen) atoms. The van der Waals surface area contributed by atoms with Gasteiger partial charge in [-0.05, 0) is 42.0 Å². The minimum atomic E-state index is 0.158. The van der Waals surface area contributed by atoms with E-state index in [1.54, 1.807) is 7.11 Å². The number of benzene rings is 1. The number of halogens is 2. The molecular weight excluding hydrogens is 300 g/mol. The number of hydrogen-bond donors (Lipinski definition) is 0. The highest BCUT2D eigenvalue weighted by Gasteiger charge is 2.23. The Morgan fingerprint density at radius 3 is 2.65 bits per heavy atom. The molecule has 0 saturated carbocycles. The summed E-state index contributed by atoms with van der Waals surface area (Å²) in [5.41, 5.74) is 1.42. The number of ether oxygens (including phenoxy) is 1. The molecule has 0 spiro atoms. The number of hydrogen-bond acceptors (Lipinski definition) is 1. The molecule has 0 saturated heterocycles. The Bertz CT molecular complexity index is 367. The van der Waals surface area contributed by atoms with Crippen molar-refractivity contribution in [2.75, 3.05) is 13.0 Å². The molecule has 0 N–H and O–H groups in total. The zero-order chi connectivity index (χ0) is 12.9. The fraction of sp³-hybridized carbons (Fsp3) is 0.571. The van der Waals surface area contributed by atoms with E-state index in [-0.39, 0.29) is 5.41 Å². The molecule has 0 aliphatic rings. The van der Waals surface area contributed by atoms with Crippen molar-refractivity contribution >= 4 is 27.5 Å². The number of rotatable bonds is 6. The van der Waals surface area contributed by atoms with Crippen LogP contribution >= 0.6 is 27.5 Å². The van der Waals surface area contributed by atoms with Crippen LogP contribution in [0.25, 0.3) is 0 Å². The predicted molar refractivity (Wildman–Crippen MR) is 78.1 cm³/mol. The van der Waals surface area contributed by atoms with E-state index in [4.69, 9.17) is 16.3 Å². The summed E-state index contributed by atoms with van der Waals surface area (Å²) in [6.45, 7) is 4.45. The summed E-state index contributed by atoms with van der Waals surface area (Å²) in [6.07, 6.45) is 3.27. The van der Waals surface area contributed by atoms with Gasteiger partial charge in [-0.2, -0.15) is 0 Å². The molecule has 0 radical (unpaired) electrons. The lowest BCUT2D eigenvalue weighted by Crippen LogP contribution is -2.21. The van der Waals surface area contributed by atoms with Crippen molar-refractivity contribution in [1.29, 1.82) is 0 Å². The molecule has 1 aromatic carbocycles. The average Bonchev–Trinajstić information content (AvgIpc) is 2.32. The van der Waals surface area contributed by atoms with Crippen LogP contribution in [0.1, 0.15) is 32.3 Å². The molecule has 0 bridgehead atoms. The quantitative estimate of drug-likeness (QED) is 0.667. The van der Waals surface area contributed by atoms with Crippen LogP contribution in [0.15, 0.2) is 22.7 Å². The lowest BCUT2D eigenvalue weighted by atomic mass is 9.81. The van der Waals surface area contributed by atoms with E-state index in [0.717, 1.165) is 29.5 Å². The van der Waals surface area contributed by atoms with Crippen LogP contribution in [0.3, 0.4) is 0 Å². The lowest BCUT2D eigenvalue weighted by Gasteiger charge is -2.27. The van der Waals surface area contributed by atoms with Crippen molar-refractivity contribution in [2.24, 2.45) is 5.41 Å². The molecule has 0 aromatic heterocycles. The van der Waals surface area contributed by atoms with Crippen LogP contribution in [-0.2, 0) is 6.42 Å². The first-order valence-corrected chi connectivity index (χ1v) is 7.26. The second kappa shape index (κ2) is 6.65. The van der Waals surface area contributed by atoms with E-state index in [0.29, 0.717) is 5.88 Å². The highest BCUT2D eigenvalue weighted by Crippen LogP contribution is 2.33. The van der Waals surface area contributed by atoms with E-state index in [1.165, 1.54) is 5.56 Å². The minimum Gasteiger partial charge on any atom is -0.497 e. The third-order valence-electron chi connectivity index (χ3n) is 3.05. The fourth-order valence-electron chi connectivity index (χ4n) is 2.08. The summed E-state index contributed by atoms with van der Waals surface area (Å²) in [6, 6.07) is 6.09. The summed E-state index contributed by atoms with van der Waals surface area (Å²) >= 11 is 9.71. The van der Waals surface area contributed by atoms with E-state index in [2.05, 4.69) is 35.8 Å². The maximum absolute atomic E-state index is 6.12. The summed E-state index contributed by atoms with van der Waals surface area (Å²) in [7, 11) is 1.69. The zero-order valence-electron chi connectivity index (χ0n) is 10.7. The third kappa shape index (κ3) is 4.18. The lowest BCUT2D eigenvalue weighted by molar-refractivity contribution is 0.333. The van der Waals surface area contributed by atoms with E-state index in [1.807, 2.05) is 12.1 Å². The van der Waals surface area contributed by atoms with Crippen molar-refractivity contribution in [2.45, 2.75) is 33.1 Å². The van der Waals surface area contributed by atoms with Crippen molar-refractivity contribution < 1.29 is 4.74 Å². The Morgan fingerprint density at radius 1 is 1.41 bits per heavy atom. The minimum absolute atomic E-state index is 0.158. The van der Waals surface area contributed by atoms with Gasteiger partial charge >= 0.3 is 0 Å². The number of methoxy groups -OCH3 is 1. The van der Waals surface area contributed by atoms with Crippen LogP contribution in [0.2, 0.25) is 0 Å². The van der Waals surface area contributed by atoms with Gasteiger partial charge in [-0.15, -0.1) is 11.6 Å². The Morgan fingerprint density at radius 2 is 2.12 bits per heavy atom. The van der Waals surface area contributed by atoms with Gasteiger partial charge in [0.05, 0.1) is 7.11 Å². The van der Waals surface area contributed by atoms with Crippen LogP contribution in [0.4, 0.5) is 0 Å². The largest absolute Gasteiger partial charge is 0.497 e. The molecule has 1 unspecified atom stereocenters. The van der Waals surface area contributed by atoms with Crippen LogP contribution in [0, 0.1) is 5.41 Å². The van der Waals surface area contributed by atoms with E-state index >= 15 is 0 Å². The van der Waals surface area contributed by atoms with E-state index in [9.17, 15) is 0 Å². The Labute approximate surface area is 118 Å². The first kappa shape index (κ1) is 14.8. The molecule has 0 amide bonds. The number of alkyl halides is 1. The Balaban J connectivity index is 2.92. The van der Waals surface area contributed by atoms with Gasteiger partial charge in [0, 0.05) is 10.4 Å². The molecule has 1 rings (SSSR count). The fourth-order valence-corrected chi connectivity index (χ4v) is 2.69. The second-order valence-corrected chi connectivity index (χ2v) is 5.95. The molecule has 0 aliphatic carbocycles. The zero-order valence-corrected chi connectivity index (χ0v) is 13.1. The SMILES string of the molecule is CCCC(C)(CCl)Cc1cc(OC)ccc1Br. The molecule has 1 atom stereocenters. The van der Waals surface area contributed by atoms with Crippen molar-refractivity contribution in [3.05, 3.63) is 28.2 Å². The van der Waals surface area contributed by atoms with E-state index < -0.39 is 0 Å². The molecule has 3 heteroatoms. The van der Waals surface area contributed by atoms with Gasteiger partial charge in [0.25, 0.3) is 0 Å². The average molecular weight is 320 g/mol. The summed E-state index contributed by atoms with van der Waals surface area (Å²) in [4.78, 5) is 0. The molecular formula is C14H20BrClO. The van der Waals surface area contributed by atoms with Gasteiger partial charge in [0.15, 0.2) is 0 Å². The highest BCUT2D eigenvalue weighted by molar-refractivity contribution is 9.10. The summed E-state index contributed by atoms with van der Waals surface area (Å²) in [5, 5.41) is 0. The standard InChI is InChI=1S/C14H20BrClO/c1-4-7-14(2,10-16)9-11-8-12(17-3)5-6-13(11)15/h5-6,8H,4,7,9-10H2,1-3H3. The summed E-state index contributed by atoms with van der Waals surface area (Å²) in [5.74, 6) is 1.58. The molecule has 1 aromatic rings. The van der Waals surface area contributed by atoms with Gasteiger partial charge < -0.3 is 4.74 Å². The van der Waals surface area contributed by atoms with Gasteiger partial charge in [0.2, 0.25) is 0 Å². The second-order valence-electron chi connectivity index (χ2n) is 4.83. The first-order valence-electron chi connectivity index (χ1n) is 5.93. The van der Waals surface area contributed by atoms with Gasteiger partial charge in [-0.25, -0.2) is 0 Å². The first-order chi connectivity index (χ1) is 8.04. The van der Waals surface area contributed by atoms with Crippen LogP contribution < -0.4 is 4.74 Å². The van der Waals surface area contributed by atoms with Crippen LogP contribution in [-0.4, -0.2) is 13.0 Å². The molecule has 0 aliphatic heterocycles. The van der Waals surface area contributed by atoms with Crippen molar-refractivity contribution in [3.63, 3.8) is 0 Å².